The Bertz CT molecular complexity index is 383. The van der Waals surface area contributed by atoms with E-state index in [0.717, 1.165) is 0 Å². The number of carboxylic acids is 1. The zero-order valence-corrected chi connectivity index (χ0v) is 8.01. The van der Waals surface area contributed by atoms with Gasteiger partial charge in [-0.15, -0.1) is 5.14 Å². The lowest BCUT2D eigenvalue weighted by atomic mass is 10.4. The predicted molar refractivity (Wildman–Crippen MR) is 48.6 cm³/mol. The second-order valence-electron chi connectivity index (χ2n) is 2.53. The number of aromatic nitrogens is 1. The number of nitrogens with zero attached hydrogens (tertiary/aromatic N) is 1. The number of nitrogen functional groups attached to an aromatic ring is 1. The van der Waals surface area contributed by atoms with E-state index in [4.69, 9.17) is 10.2 Å². The molecule has 0 aromatic carbocycles. The number of Topliss-reactive ketones (excluding diaryl/α,β-unsaturated/α-hetero) is 1. The van der Waals surface area contributed by atoms with Crippen LogP contribution in [0.5, 0.6) is 0 Å². The van der Waals surface area contributed by atoms with Crippen molar-refractivity contribution in [3.63, 3.8) is 0 Å². The molecular formula is C7H9N2O3S+. The topological polar surface area (TPSA) is 93.3 Å². The van der Waals surface area contributed by atoms with E-state index >= 15 is 0 Å². The van der Waals surface area contributed by atoms with E-state index < -0.39 is 16.6 Å². The summed E-state index contributed by atoms with van der Waals surface area (Å²) in [5.41, 5.74) is 0.323. The highest BCUT2D eigenvalue weighted by molar-refractivity contribution is 7.34. The van der Waals surface area contributed by atoms with Gasteiger partial charge in [0.25, 0.3) is 0 Å². The molecule has 1 aromatic rings. The number of hydrogen-bond acceptors (Lipinski definition) is 4. The normalized spacial score (nSPS) is 11.5. The van der Waals surface area contributed by atoms with Crippen molar-refractivity contribution in [3.05, 3.63) is 15.6 Å². The number of hydrogen-bond donors (Lipinski definition) is 2. The molecule has 0 bridgehead atoms. The fraction of sp³-hybridized carbons (Fsp3) is 0.286. The van der Waals surface area contributed by atoms with Gasteiger partial charge in [-0.1, -0.05) is 0 Å². The van der Waals surface area contributed by atoms with Gasteiger partial charge in [0, 0.05) is 6.92 Å². The van der Waals surface area contributed by atoms with Crippen molar-refractivity contribution in [2.45, 2.75) is 13.8 Å². The molecule has 6 heteroatoms. The Morgan fingerprint density at radius 2 is 2.08 bits per heavy atom. The number of rotatable bonds is 2. The molecule has 0 aliphatic heterocycles. The molecule has 0 aliphatic carbocycles. The molecule has 1 heterocycles. The predicted octanol–water partition coefficient (Wildman–Crippen LogP) is 0.754. The first-order valence-corrected chi connectivity index (χ1v) is 4.76. The lowest BCUT2D eigenvalue weighted by Gasteiger charge is -1.83. The smallest absolute Gasteiger partial charge is 0.393 e. The Balaban J connectivity index is 3.39. The molecular weight excluding hydrogens is 192 g/mol. The largest absolute Gasteiger partial charge is 0.474 e. The summed E-state index contributed by atoms with van der Waals surface area (Å²) in [4.78, 5) is 25.5. The van der Waals surface area contributed by atoms with Crippen LogP contribution in [0.4, 0.5) is 0 Å². The Kier molecular flexibility index (Phi) is 2.44. The molecule has 3 N–H and O–H groups in total. The van der Waals surface area contributed by atoms with Crippen LogP contribution in [-0.2, 0) is 0 Å². The SMILES string of the molecule is CC(=O)c1nc(C)c(C(=O)O)[s+]1N. The molecule has 0 saturated carbocycles. The summed E-state index contributed by atoms with van der Waals surface area (Å²) in [6, 6.07) is 0. The van der Waals surface area contributed by atoms with Gasteiger partial charge in [-0.3, -0.25) is 4.79 Å². The minimum atomic E-state index is -1.16. The Hall–Kier alpha value is -1.27. The summed E-state index contributed by atoms with van der Waals surface area (Å²) in [6.07, 6.45) is 0. The molecule has 1 rings (SSSR count). The highest BCUT2D eigenvalue weighted by Crippen LogP contribution is 2.25. The van der Waals surface area contributed by atoms with Crippen LogP contribution in [-0.4, -0.2) is 21.8 Å². The number of thiazole rings is 1. The minimum absolute atomic E-state index is 0.0326. The van der Waals surface area contributed by atoms with Crippen LogP contribution < -0.4 is 5.14 Å². The standard InChI is InChI=1S/C7H8N2O3S/c1-3-5(7(11)12)13(8)6(9-3)4(2)10/h8H2,1-2H3/p+1. The molecule has 13 heavy (non-hydrogen) atoms. The quantitative estimate of drug-likeness (QED) is 0.544. The highest BCUT2D eigenvalue weighted by Gasteiger charge is 2.31. The van der Waals surface area contributed by atoms with Gasteiger partial charge >= 0.3 is 15.9 Å². The maximum absolute atomic E-state index is 10.9. The zero-order chi connectivity index (χ0) is 10.2. The fourth-order valence-electron chi connectivity index (χ4n) is 0.990. The first kappa shape index (κ1) is 9.82. The van der Waals surface area contributed by atoms with E-state index in [9.17, 15) is 9.59 Å². The summed E-state index contributed by atoms with van der Waals surface area (Å²) in [5.74, 6) is -1.38. The first-order chi connectivity index (χ1) is 5.95. The molecule has 5 nitrogen and oxygen atoms in total. The van der Waals surface area contributed by atoms with E-state index in [1.54, 1.807) is 0 Å². The van der Waals surface area contributed by atoms with E-state index in [1.807, 2.05) is 0 Å². The van der Waals surface area contributed by atoms with Gasteiger partial charge in [0.1, 0.15) is 16.3 Å². The average molecular weight is 201 g/mol. The van der Waals surface area contributed by atoms with Crippen LogP contribution in [0.25, 0.3) is 0 Å². The maximum atomic E-state index is 10.9. The van der Waals surface area contributed by atoms with Crippen LogP contribution in [0.3, 0.4) is 0 Å². The summed E-state index contributed by atoms with van der Waals surface area (Å²) >= 11 is 0. The Labute approximate surface area is 77.3 Å². The van der Waals surface area contributed by atoms with E-state index in [-0.39, 0.29) is 15.7 Å². The minimum Gasteiger partial charge on any atom is -0.474 e. The molecule has 0 radical (unpaired) electrons. The van der Waals surface area contributed by atoms with Crippen LogP contribution >= 0.6 is 10.7 Å². The summed E-state index contributed by atoms with van der Waals surface area (Å²) in [5, 5.41) is 14.4. The van der Waals surface area contributed by atoms with Crippen molar-refractivity contribution < 1.29 is 14.7 Å². The molecule has 1 unspecified atom stereocenters. The summed E-state index contributed by atoms with van der Waals surface area (Å²) in [7, 11) is -1.16. The summed E-state index contributed by atoms with van der Waals surface area (Å²) < 4.78 is 0. The van der Waals surface area contributed by atoms with Crippen molar-refractivity contribution in [1.29, 1.82) is 0 Å². The molecule has 0 fully saturated rings. The molecule has 1 atom stereocenters. The maximum Gasteiger partial charge on any atom is 0.393 e. The second-order valence-corrected chi connectivity index (χ2v) is 4.00. The van der Waals surface area contributed by atoms with Crippen LogP contribution in [0.2, 0.25) is 0 Å². The van der Waals surface area contributed by atoms with Gasteiger partial charge in [0.05, 0.1) is 0 Å². The zero-order valence-electron chi connectivity index (χ0n) is 7.20. The van der Waals surface area contributed by atoms with Gasteiger partial charge in [-0.05, 0) is 6.92 Å². The highest BCUT2D eigenvalue weighted by atomic mass is 32.2. The molecule has 1 aromatic heterocycles. The van der Waals surface area contributed by atoms with Crippen LogP contribution in [0.1, 0.15) is 32.1 Å². The van der Waals surface area contributed by atoms with Crippen molar-refractivity contribution >= 4 is 22.4 Å². The number of aryl methyl sites for hydroxylation is 1. The number of carbonyl (C=O) groups is 2. The molecule has 70 valence electrons. The third-order valence-electron chi connectivity index (χ3n) is 1.52. The fourth-order valence-corrected chi connectivity index (χ4v) is 2.28. The van der Waals surface area contributed by atoms with Crippen molar-refractivity contribution in [1.82, 2.24) is 4.98 Å². The van der Waals surface area contributed by atoms with Gasteiger partial charge in [-0.2, -0.15) is 4.98 Å². The molecule has 0 saturated heterocycles. The third-order valence-corrected chi connectivity index (χ3v) is 3.23. The van der Waals surface area contributed by atoms with E-state index in [1.165, 1.54) is 13.8 Å². The van der Waals surface area contributed by atoms with Crippen molar-refractivity contribution in [2.75, 3.05) is 5.14 Å². The van der Waals surface area contributed by atoms with E-state index in [0.29, 0.717) is 5.69 Å². The number of nitrogens with two attached hydrogens (primary N) is 1. The van der Waals surface area contributed by atoms with Crippen molar-refractivity contribution in [3.8, 4) is 0 Å². The number of carboxylic acid groups (broad SMARTS) is 1. The van der Waals surface area contributed by atoms with Gasteiger partial charge in [0.15, 0.2) is 0 Å². The van der Waals surface area contributed by atoms with Gasteiger partial charge < -0.3 is 5.11 Å². The third kappa shape index (κ3) is 1.58. The van der Waals surface area contributed by atoms with Gasteiger partial charge in [0.2, 0.25) is 5.78 Å². The number of ketones is 1. The van der Waals surface area contributed by atoms with Gasteiger partial charge in [-0.25, -0.2) is 4.79 Å². The Morgan fingerprint density at radius 3 is 2.31 bits per heavy atom. The van der Waals surface area contributed by atoms with Crippen molar-refractivity contribution in [2.24, 2.45) is 0 Å². The lowest BCUT2D eigenvalue weighted by Crippen LogP contribution is -2.01. The van der Waals surface area contributed by atoms with Crippen LogP contribution in [0, 0.1) is 6.92 Å². The van der Waals surface area contributed by atoms with E-state index in [2.05, 4.69) is 4.98 Å². The first-order valence-electron chi connectivity index (χ1n) is 3.47. The number of carbonyl (C=O) groups excluding carboxylic acids is 1. The number of aromatic carboxylic acids is 1. The second kappa shape index (κ2) is 3.23. The molecule has 0 spiro atoms. The van der Waals surface area contributed by atoms with Crippen LogP contribution in [0.15, 0.2) is 0 Å². The monoisotopic (exact) mass is 201 g/mol. The lowest BCUT2D eigenvalue weighted by molar-refractivity contribution is 0.0700. The average Bonchev–Trinajstić information content (AvgIpc) is 2.26. The summed E-state index contributed by atoms with van der Waals surface area (Å²) in [6.45, 7) is 2.86. The Morgan fingerprint density at radius 1 is 1.54 bits per heavy atom. The molecule has 0 aliphatic rings. The molecule has 0 amide bonds.